The molecule has 0 unspecified atom stereocenters. The van der Waals surface area contributed by atoms with E-state index < -0.39 is 12.0 Å². The van der Waals surface area contributed by atoms with Gasteiger partial charge in [-0.15, -0.1) is 0 Å². The molecule has 3 N–H and O–H groups in total. The minimum absolute atomic E-state index is 0.00635. The van der Waals surface area contributed by atoms with E-state index in [4.69, 9.17) is 9.72 Å². The van der Waals surface area contributed by atoms with Crippen LogP contribution in [0.3, 0.4) is 0 Å². The number of ether oxygens (including phenoxy) is 1. The predicted octanol–water partition coefficient (Wildman–Crippen LogP) is 3.39. The summed E-state index contributed by atoms with van der Waals surface area (Å²) in [5.74, 6) is 0.733. The maximum absolute atomic E-state index is 13.1. The number of likely N-dealkylation sites (tertiary alicyclic amines) is 1. The van der Waals surface area contributed by atoms with Crippen molar-refractivity contribution in [2.45, 2.75) is 89.2 Å². The zero-order chi connectivity index (χ0) is 25.0. The zero-order valence-electron chi connectivity index (χ0n) is 21.5. The third-order valence-electron chi connectivity index (χ3n) is 9.00. The lowest BCUT2D eigenvalue weighted by Crippen LogP contribution is -2.53. The van der Waals surface area contributed by atoms with Gasteiger partial charge >= 0.3 is 5.97 Å². The van der Waals surface area contributed by atoms with Crippen LogP contribution >= 0.6 is 0 Å². The summed E-state index contributed by atoms with van der Waals surface area (Å²) in [6.07, 6.45) is 12.2. The number of nitrogens with one attached hydrogen (secondary N) is 2. The number of carboxylic acids is 1. The molecule has 2 aliphatic heterocycles. The highest BCUT2D eigenvalue weighted by Crippen LogP contribution is 2.50. The van der Waals surface area contributed by atoms with Gasteiger partial charge in [0.05, 0.1) is 12.7 Å². The van der Waals surface area contributed by atoms with Gasteiger partial charge in [0.2, 0.25) is 5.91 Å². The first-order chi connectivity index (χ1) is 17.5. The summed E-state index contributed by atoms with van der Waals surface area (Å²) in [4.78, 5) is 32.2. The average molecular weight is 499 g/mol. The molecule has 2 atom stereocenters. The molecular weight excluding hydrogens is 456 g/mol. The van der Waals surface area contributed by atoms with Gasteiger partial charge in [-0.3, -0.25) is 4.79 Å². The standard InChI is InChI=1S/C28H42N4O4/c33-26(34)24(31-27(35)28-12-9-20(10-13-28)11-14-28)19-36-23-6-3-17-32(18-23)16-2-5-22-8-7-21-4-1-15-29-25(21)30-22/h7-8,20,23-24H,1-6,9-19H2,(H,29,30)(H,31,35)(H,33,34)/t20?,23-,24-,28?/m1/s1. The number of carboxylic acid groups (broad SMARTS) is 1. The molecule has 198 valence electrons. The number of amides is 1. The third kappa shape index (κ3) is 6.02. The summed E-state index contributed by atoms with van der Waals surface area (Å²) in [6, 6.07) is 3.39. The summed E-state index contributed by atoms with van der Waals surface area (Å²) in [5.41, 5.74) is 2.11. The molecule has 3 heterocycles. The van der Waals surface area contributed by atoms with Gasteiger partial charge < -0.3 is 25.4 Å². The maximum Gasteiger partial charge on any atom is 0.328 e. The lowest BCUT2D eigenvalue weighted by molar-refractivity contribution is -0.149. The first-order valence-corrected chi connectivity index (χ1v) is 14.1. The number of fused-ring (bicyclic) bond motifs is 4. The number of piperidine rings is 1. The van der Waals surface area contributed by atoms with Crippen LogP contribution in [0.5, 0.6) is 0 Å². The fourth-order valence-corrected chi connectivity index (χ4v) is 6.65. The van der Waals surface area contributed by atoms with Crippen molar-refractivity contribution in [1.82, 2.24) is 15.2 Å². The van der Waals surface area contributed by atoms with Crippen LogP contribution < -0.4 is 10.6 Å². The second-order valence-electron chi connectivity index (χ2n) is 11.5. The van der Waals surface area contributed by atoms with Crippen LogP contribution in [0, 0.1) is 11.3 Å². The number of aliphatic carboxylic acids is 1. The van der Waals surface area contributed by atoms with Crippen molar-refractivity contribution in [2.24, 2.45) is 11.3 Å². The second kappa shape index (κ2) is 11.5. The van der Waals surface area contributed by atoms with Gasteiger partial charge in [0.1, 0.15) is 5.82 Å². The van der Waals surface area contributed by atoms with E-state index in [1.165, 1.54) is 12.0 Å². The lowest BCUT2D eigenvalue weighted by Gasteiger charge is -2.45. The van der Waals surface area contributed by atoms with Gasteiger partial charge in [-0.05, 0) is 108 Å². The van der Waals surface area contributed by atoms with Gasteiger partial charge in [-0.1, -0.05) is 6.07 Å². The average Bonchev–Trinajstić information content (AvgIpc) is 2.92. The van der Waals surface area contributed by atoms with E-state index >= 15 is 0 Å². The highest BCUT2D eigenvalue weighted by atomic mass is 16.5. The SMILES string of the molecule is O=C(O)[C@@H](CO[C@@H]1CCCN(CCCc2ccc3c(n2)NCCC3)C1)NC(=O)C12CCC(CC1)CC2. The number of anilines is 1. The van der Waals surface area contributed by atoms with Crippen LogP contribution in [0.1, 0.15) is 75.5 Å². The summed E-state index contributed by atoms with van der Waals surface area (Å²) in [7, 11) is 0. The predicted molar refractivity (Wildman–Crippen MR) is 138 cm³/mol. The molecule has 3 aliphatic carbocycles. The Labute approximate surface area is 214 Å². The van der Waals surface area contributed by atoms with Crippen molar-refractivity contribution >= 4 is 17.7 Å². The Kier molecular flexibility index (Phi) is 8.11. The molecule has 0 spiro atoms. The number of pyridine rings is 1. The molecule has 8 heteroatoms. The maximum atomic E-state index is 13.1. The van der Waals surface area contributed by atoms with Crippen molar-refractivity contribution in [3.63, 3.8) is 0 Å². The molecule has 36 heavy (non-hydrogen) atoms. The molecule has 6 rings (SSSR count). The van der Waals surface area contributed by atoms with E-state index in [0.29, 0.717) is 0 Å². The minimum atomic E-state index is -1.01. The molecule has 1 amide bonds. The van der Waals surface area contributed by atoms with Gasteiger partial charge in [-0.25, -0.2) is 9.78 Å². The van der Waals surface area contributed by atoms with E-state index in [2.05, 4.69) is 27.7 Å². The third-order valence-corrected chi connectivity index (χ3v) is 9.00. The van der Waals surface area contributed by atoms with Crippen molar-refractivity contribution in [3.05, 3.63) is 23.4 Å². The number of carbonyl (C=O) groups excluding carboxylic acids is 1. The summed E-state index contributed by atoms with van der Waals surface area (Å²) < 4.78 is 6.07. The fourth-order valence-electron chi connectivity index (χ4n) is 6.65. The minimum Gasteiger partial charge on any atom is -0.480 e. The van der Waals surface area contributed by atoms with Crippen LogP contribution in [0.25, 0.3) is 0 Å². The summed E-state index contributed by atoms with van der Waals surface area (Å²) in [5, 5.41) is 16.0. The fraction of sp³-hybridized carbons (Fsp3) is 0.750. The zero-order valence-corrected chi connectivity index (χ0v) is 21.5. The molecule has 1 saturated heterocycles. The van der Waals surface area contributed by atoms with E-state index in [-0.39, 0.29) is 24.0 Å². The Morgan fingerprint density at radius 3 is 2.78 bits per heavy atom. The van der Waals surface area contributed by atoms with E-state index in [1.54, 1.807) is 0 Å². The number of rotatable bonds is 10. The summed E-state index contributed by atoms with van der Waals surface area (Å²) in [6.45, 7) is 3.87. The number of hydrogen-bond donors (Lipinski definition) is 3. The lowest BCUT2D eigenvalue weighted by atomic mass is 9.60. The van der Waals surface area contributed by atoms with Crippen LogP contribution in [0.4, 0.5) is 5.82 Å². The van der Waals surface area contributed by atoms with Gasteiger partial charge in [0.15, 0.2) is 6.04 Å². The number of nitrogens with zero attached hydrogens (tertiary/aromatic N) is 2. The van der Waals surface area contributed by atoms with Gasteiger partial charge in [0.25, 0.3) is 0 Å². The van der Waals surface area contributed by atoms with E-state index in [9.17, 15) is 14.7 Å². The molecule has 3 saturated carbocycles. The first kappa shape index (κ1) is 25.5. The van der Waals surface area contributed by atoms with Crippen molar-refractivity contribution in [1.29, 1.82) is 0 Å². The topological polar surface area (TPSA) is 104 Å². The normalized spacial score (nSPS) is 28.7. The highest BCUT2D eigenvalue weighted by Gasteiger charge is 2.46. The smallest absolute Gasteiger partial charge is 0.328 e. The monoisotopic (exact) mass is 498 g/mol. The quantitative estimate of drug-likeness (QED) is 0.454. The number of hydrogen-bond acceptors (Lipinski definition) is 6. The Bertz CT molecular complexity index is 916. The van der Waals surface area contributed by atoms with Crippen molar-refractivity contribution < 1.29 is 19.4 Å². The molecule has 0 radical (unpaired) electrons. The Balaban J connectivity index is 1.06. The van der Waals surface area contributed by atoms with Gasteiger partial charge in [-0.2, -0.15) is 0 Å². The molecule has 8 nitrogen and oxygen atoms in total. The molecule has 1 aromatic rings. The van der Waals surface area contributed by atoms with Crippen LogP contribution in [0.15, 0.2) is 12.1 Å². The number of carbonyl (C=O) groups is 2. The molecular formula is C28H42N4O4. The first-order valence-electron chi connectivity index (χ1n) is 14.1. The molecule has 1 aromatic heterocycles. The van der Waals surface area contributed by atoms with Crippen molar-refractivity contribution in [3.8, 4) is 0 Å². The molecule has 4 fully saturated rings. The van der Waals surface area contributed by atoms with E-state index in [0.717, 1.165) is 114 Å². The van der Waals surface area contributed by atoms with Crippen LogP contribution in [-0.2, 0) is 27.2 Å². The summed E-state index contributed by atoms with van der Waals surface area (Å²) >= 11 is 0. The van der Waals surface area contributed by atoms with Crippen LogP contribution in [0.2, 0.25) is 0 Å². The second-order valence-corrected chi connectivity index (χ2v) is 11.5. The number of aromatic nitrogens is 1. The van der Waals surface area contributed by atoms with Gasteiger partial charge in [0, 0.05) is 24.2 Å². The van der Waals surface area contributed by atoms with E-state index in [1.807, 2.05) is 0 Å². The Morgan fingerprint density at radius 1 is 1.19 bits per heavy atom. The molecule has 5 aliphatic rings. The Morgan fingerprint density at radius 2 is 2.00 bits per heavy atom. The molecule has 0 aromatic carbocycles. The van der Waals surface area contributed by atoms with Crippen LogP contribution in [-0.4, -0.2) is 71.8 Å². The largest absolute Gasteiger partial charge is 0.480 e. The highest BCUT2D eigenvalue weighted by molar-refractivity contribution is 5.87. The molecule has 2 bridgehead atoms. The van der Waals surface area contributed by atoms with Crippen molar-refractivity contribution in [2.75, 3.05) is 38.1 Å². The Hall–Kier alpha value is -2.19. The number of aryl methyl sites for hydroxylation is 2.